The Labute approximate surface area is 304 Å². The molecule has 0 saturated carbocycles. The van der Waals surface area contributed by atoms with Gasteiger partial charge in [-0.2, -0.15) is 0 Å². The Morgan fingerprint density at radius 3 is 1.98 bits per heavy atom. The highest BCUT2D eigenvalue weighted by Crippen LogP contribution is 2.45. The van der Waals surface area contributed by atoms with E-state index in [-0.39, 0.29) is 0 Å². The molecule has 0 fully saturated rings. The third kappa shape index (κ3) is 4.73. The van der Waals surface area contributed by atoms with Gasteiger partial charge >= 0.3 is 0 Å². The minimum absolute atomic E-state index is 0.575. The summed E-state index contributed by atoms with van der Waals surface area (Å²) >= 11 is 0. The van der Waals surface area contributed by atoms with Crippen LogP contribution in [-0.2, 0) is 0 Å². The van der Waals surface area contributed by atoms with Gasteiger partial charge in [-0.25, -0.2) is 4.98 Å². The van der Waals surface area contributed by atoms with E-state index in [9.17, 15) is 0 Å². The van der Waals surface area contributed by atoms with Crippen LogP contribution in [-0.4, -0.2) is 4.98 Å². The molecule has 0 amide bonds. The van der Waals surface area contributed by atoms with E-state index < -0.39 is 0 Å². The number of furan rings is 1. The van der Waals surface area contributed by atoms with Crippen molar-refractivity contribution in [3.8, 4) is 22.6 Å². The summed E-state index contributed by atoms with van der Waals surface area (Å²) < 4.78 is 12.8. The van der Waals surface area contributed by atoms with Crippen LogP contribution in [0.4, 0.5) is 17.1 Å². The van der Waals surface area contributed by atoms with Gasteiger partial charge in [0.15, 0.2) is 5.58 Å². The highest BCUT2D eigenvalue weighted by Gasteiger charge is 2.22. The van der Waals surface area contributed by atoms with Crippen LogP contribution in [0.3, 0.4) is 0 Å². The lowest BCUT2D eigenvalue weighted by Gasteiger charge is -2.28. The number of aromatic nitrogens is 1. The number of nitrogens with zero attached hydrogens (tertiary/aromatic N) is 2. The highest BCUT2D eigenvalue weighted by atomic mass is 16.3. The molecule has 0 aliphatic rings. The van der Waals surface area contributed by atoms with Crippen molar-refractivity contribution in [1.82, 2.24) is 4.98 Å². The minimum Gasteiger partial charge on any atom is -0.456 e. The molecular weight excluding hydrogens is 649 g/mol. The second-order valence-corrected chi connectivity index (χ2v) is 13.5. The average Bonchev–Trinajstić information content (AvgIpc) is 3.83. The first-order chi connectivity index (χ1) is 26.3. The summed E-state index contributed by atoms with van der Waals surface area (Å²) in [7, 11) is 0. The lowest BCUT2D eigenvalue weighted by molar-refractivity contribution is 0.620. The molecule has 9 aromatic carbocycles. The van der Waals surface area contributed by atoms with Crippen molar-refractivity contribution in [2.24, 2.45) is 0 Å². The molecule has 0 bridgehead atoms. The average molecular weight is 679 g/mol. The molecule has 53 heavy (non-hydrogen) atoms. The lowest BCUT2D eigenvalue weighted by atomic mass is 9.96. The smallest absolute Gasteiger partial charge is 0.228 e. The Balaban J connectivity index is 1.15. The van der Waals surface area contributed by atoms with Crippen molar-refractivity contribution in [2.45, 2.75) is 0 Å². The van der Waals surface area contributed by atoms with E-state index >= 15 is 0 Å². The van der Waals surface area contributed by atoms with Crippen molar-refractivity contribution in [3.63, 3.8) is 0 Å². The first kappa shape index (κ1) is 29.5. The maximum atomic E-state index is 6.47. The fourth-order valence-corrected chi connectivity index (χ4v) is 8.03. The Hall–Kier alpha value is -7.17. The predicted octanol–water partition coefficient (Wildman–Crippen LogP) is 14.0. The second-order valence-electron chi connectivity index (χ2n) is 13.5. The van der Waals surface area contributed by atoms with Crippen molar-refractivity contribution in [1.29, 1.82) is 0 Å². The molecule has 0 spiro atoms. The van der Waals surface area contributed by atoms with Crippen molar-refractivity contribution in [3.05, 3.63) is 182 Å². The molecule has 0 aliphatic carbocycles. The maximum Gasteiger partial charge on any atom is 0.228 e. The van der Waals surface area contributed by atoms with E-state index in [0.717, 1.165) is 66.8 Å². The van der Waals surface area contributed by atoms with Crippen molar-refractivity contribution in [2.75, 3.05) is 4.90 Å². The third-order valence-electron chi connectivity index (χ3n) is 10.5. The molecule has 0 unspecified atom stereocenters. The SMILES string of the molecule is c1ccc(-c2ccccc2N(c2ccc3c(ccc4c5ccccc5ccc34)c2)c2ccc3oc4cccc(-c5nc6ccccc6o5)c4c3c2)cc1. The monoisotopic (exact) mass is 678 g/mol. The predicted molar refractivity (Wildman–Crippen MR) is 219 cm³/mol. The van der Waals surface area contributed by atoms with E-state index in [1.54, 1.807) is 0 Å². The van der Waals surface area contributed by atoms with Gasteiger partial charge in [0, 0.05) is 33.3 Å². The van der Waals surface area contributed by atoms with Gasteiger partial charge < -0.3 is 13.7 Å². The Bertz CT molecular complexity index is 3160. The summed E-state index contributed by atoms with van der Waals surface area (Å²) in [4.78, 5) is 7.23. The third-order valence-corrected chi connectivity index (χ3v) is 10.5. The molecule has 0 N–H and O–H groups in total. The van der Waals surface area contributed by atoms with Crippen LogP contribution in [0.5, 0.6) is 0 Å². The molecule has 11 aromatic rings. The van der Waals surface area contributed by atoms with Crippen LogP contribution >= 0.6 is 0 Å². The van der Waals surface area contributed by atoms with Gasteiger partial charge in [-0.05, 0) is 98.5 Å². The molecular formula is C49H30N2O2. The van der Waals surface area contributed by atoms with Gasteiger partial charge in [0.05, 0.1) is 5.69 Å². The Kier molecular flexibility index (Phi) is 6.52. The first-order valence-corrected chi connectivity index (χ1v) is 17.9. The maximum absolute atomic E-state index is 6.47. The van der Waals surface area contributed by atoms with Crippen molar-refractivity contribution < 1.29 is 8.83 Å². The number of hydrogen-bond donors (Lipinski definition) is 0. The molecule has 4 nitrogen and oxygen atoms in total. The summed E-state index contributed by atoms with van der Waals surface area (Å²) in [5.41, 5.74) is 9.53. The van der Waals surface area contributed by atoms with Crippen LogP contribution < -0.4 is 4.90 Å². The summed E-state index contributed by atoms with van der Waals surface area (Å²) in [5, 5.41) is 9.42. The van der Waals surface area contributed by atoms with Gasteiger partial charge in [0.2, 0.25) is 5.89 Å². The van der Waals surface area contributed by atoms with Crippen LogP contribution in [0, 0.1) is 0 Å². The van der Waals surface area contributed by atoms with E-state index in [2.05, 4.69) is 150 Å². The minimum atomic E-state index is 0.575. The number of para-hydroxylation sites is 3. The van der Waals surface area contributed by atoms with E-state index in [4.69, 9.17) is 13.8 Å². The molecule has 2 aromatic heterocycles. The van der Waals surface area contributed by atoms with Gasteiger partial charge in [0.1, 0.15) is 16.7 Å². The summed E-state index contributed by atoms with van der Waals surface area (Å²) in [6, 6.07) is 64.1. The fourth-order valence-electron chi connectivity index (χ4n) is 8.03. The quantitative estimate of drug-likeness (QED) is 0.170. The number of hydrogen-bond acceptors (Lipinski definition) is 4. The molecule has 4 heteroatoms. The number of fused-ring (bicyclic) bond motifs is 9. The van der Waals surface area contributed by atoms with Crippen LogP contribution in [0.2, 0.25) is 0 Å². The van der Waals surface area contributed by atoms with Gasteiger partial charge in [-0.15, -0.1) is 0 Å². The fraction of sp³-hybridized carbons (Fsp3) is 0. The Morgan fingerprint density at radius 1 is 0.396 bits per heavy atom. The van der Waals surface area contributed by atoms with Gasteiger partial charge in [-0.3, -0.25) is 0 Å². The number of benzene rings is 9. The molecule has 248 valence electrons. The second kappa shape index (κ2) is 11.7. The van der Waals surface area contributed by atoms with E-state index in [1.807, 2.05) is 36.4 Å². The normalized spacial score (nSPS) is 11.8. The largest absolute Gasteiger partial charge is 0.456 e. The molecule has 0 saturated heterocycles. The van der Waals surface area contributed by atoms with E-state index in [1.165, 1.54) is 32.3 Å². The molecule has 11 rings (SSSR count). The summed E-state index contributed by atoms with van der Waals surface area (Å²) in [6.45, 7) is 0. The standard InChI is InChI=1S/C49H30N2O2/c1-2-11-31(12-3-1)38-15-6-8-18-44(38)51(34-23-27-37-33(29-34)22-26-39-36-14-5-4-13-32(36)21-25-40(37)39)35-24-28-45-42(30-35)48-41(16-10-20-47(48)52-45)49-50-43-17-7-9-19-46(43)53-49/h1-30H. The number of anilines is 3. The molecule has 0 radical (unpaired) electrons. The molecule has 2 heterocycles. The Morgan fingerprint density at radius 2 is 1.08 bits per heavy atom. The van der Waals surface area contributed by atoms with Crippen LogP contribution in [0.1, 0.15) is 0 Å². The highest BCUT2D eigenvalue weighted by molar-refractivity contribution is 6.18. The zero-order valence-corrected chi connectivity index (χ0v) is 28.5. The number of rotatable bonds is 5. The first-order valence-electron chi connectivity index (χ1n) is 17.9. The zero-order chi connectivity index (χ0) is 34.9. The van der Waals surface area contributed by atoms with Gasteiger partial charge in [0.25, 0.3) is 0 Å². The van der Waals surface area contributed by atoms with Crippen molar-refractivity contribution >= 4 is 82.4 Å². The topological polar surface area (TPSA) is 42.4 Å². The summed E-state index contributed by atoms with van der Waals surface area (Å²) in [6.07, 6.45) is 0. The van der Waals surface area contributed by atoms with E-state index in [0.29, 0.717) is 5.89 Å². The molecule has 0 atom stereocenters. The lowest BCUT2D eigenvalue weighted by Crippen LogP contribution is -2.11. The zero-order valence-electron chi connectivity index (χ0n) is 28.5. The number of oxazole rings is 1. The summed E-state index contributed by atoms with van der Waals surface area (Å²) in [5.74, 6) is 0.575. The van der Waals surface area contributed by atoms with Crippen LogP contribution in [0.25, 0.3) is 87.9 Å². The van der Waals surface area contributed by atoms with Crippen LogP contribution in [0.15, 0.2) is 191 Å². The van der Waals surface area contributed by atoms with Gasteiger partial charge in [-0.1, -0.05) is 121 Å². The molecule has 0 aliphatic heterocycles.